The van der Waals surface area contributed by atoms with Crippen LogP contribution in [0.1, 0.15) is 0 Å². The minimum absolute atomic E-state index is 0.104. The van der Waals surface area contributed by atoms with Crippen LogP contribution in [0.25, 0.3) is 0 Å². The first-order chi connectivity index (χ1) is 4.31. The first-order valence-corrected chi connectivity index (χ1v) is 2.24. The van der Waals surface area contributed by atoms with Crippen LogP contribution in [0.15, 0.2) is 12.8 Å². The summed E-state index contributed by atoms with van der Waals surface area (Å²) in [5.41, 5.74) is 0. The van der Waals surface area contributed by atoms with Crippen LogP contribution in [0.5, 0.6) is 0 Å². The molecule has 0 N–H and O–H groups in total. The van der Waals surface area contributed by atoms with Gasteiger partial charge >= 0.3 is 6.16 Å². The number of rotatable bonds is 3. The van der Waals surface area contributed by atoms with Crippen molar-refractivity contribution in [1.29, 1.82) is 0 Å². The van der Waals surface area contributed by atoms with E-state index in [9.17, 15) is 4.79 Å². The number of hydrogen-bond acceptors (Lipinski definition) is 4. The lowest BCUT2D eigenvalue weighted by atomic mass is 11.1. The molecule has 0 aliphatic heterocycles. The number of carbonyl (C=O) groups is 1. The van der Waals surface area contributed by atoms with Crippen molar-refractivity contribution in [3.05, 3.63) is 12.8 Å². The van der Waals surface area contributed by atoms with Crippen molar-refractivity contribution in [2.24, 2.45) is 0 Å². The van der Waals surface area contributed by atoms with Crippen LogP contribution in [0.3, 0.4) is 0 Å². The SMILES string of the molecule is C=COC(=O)OCOC. The van der Waals surface area contributed by atoms with Gasteiger partial charge in [-0.05, 0) is 0 Å². The smallest absolute Gasteiger partial charge is 0.407 e. The summed E-state index contributed by atoms with van der Waals surface area (Å²) >= 11 is 0. The average Bonchev–Trinajstić information content (AvgIpc) is 1.85. The quantitative estimate of drug-likeness (QED) is 0.325. The molecule has 4 nitrogen and oxygen atoms in total. The first kappa shape index (κ1) is 7.97. The van der Waals surface area contributed by atoms with Gasteiger partial charge in [0.05, 0.1) is 6.26 Å². The van der Waals surface area contributed by atoms with E-state index in [2.05, 4.69) is 20.8 Å². The molecule has 0 aromatic heterocycles. The van der Waals surface area contributed by atoms with E-state index >= 15 is 0 Å². The molecule has 0 aliphatic carbocycles. The summed E-state index contributed by atoms with van der Waals surface area (Å²) < 4.78 is 12.8. The lowest BCUT2D eigenvalue weighted by Crippen LogP contribution is -2.05. The maximum Gasteiger partial charge on any atom is 0.515 e. The van der Waals surface area contributed by atoms with Gasteiger partial charge in [0.15, 0.2) is 6.79 Å². The molecule has 0 radical (unpaired) electrons. The molecule has 0 saturated heterocycles. The molecule has 0 bridgehead atoms. The van der Waals surface area contributed by atoms with Gasteiger partial charge in [-0.2, -0.15) is 0 Å². The molecule has 0 aromatic carbocycles. The molecule has 0 spiro atoms. The fraction of sp³-hybridized carbons (Fsp3) is 0.400. The van der Waals surface area contributed by atoms with Crippen molar-refractivity contribution in [1.82, 2.24) is 0 Å². The van der Waals surface area contributed by atoms with Crippen molar-refractivity contribution in [2.75, 3.05) is 13.9 Å². The van der Waals surface area contributed by atoms with E-state index in [1.165, 1.54) is 7.11 Å². The first-order valence-electron chi connectivity index (χ1n) is 2.24. The van der Waals surface area contributed by atoms with Crippen LogP contribution >= 0.6 is 0 Å². The summed E-state index contributed by atoms with van der Waals surface area (Å²) in [6, 6.07) is 0. The summed E-state index contributed by atoms with van der Waals surface area (Å²) in [6.07, 6.45) is 0.171. The molecule has 0 aliphatic rings. The summed E-state index contributed by atoms with van der Waals surface area (Å²) in [7, 11) is 1.40. The highest BCUT2D eigenvalue weighted by atomic mass is 16.8. The third kappa shape index (κ3) is 4.83. The average molecular weight is 132 g/mol. The van der Waals surface area contributed by atoms with Crippen LogP contribution in [0.4, 0.5) is 4.79 Å². The van der Waals surface area contributed by atoms with Crippen LogP contribution in [0.2, 0.25) is 0 Å². The molecular weight excluding hydrogens is 124 g/mol. The Bertz CT molecular complexity index is 99.1. The van der Waals surface area contributed by atoms with Crippen LogP contribution in [-0.4, -0.2) is 20.1 Å². The largest absolute Gasteiger partial charge is 0.515 e. The molecule has 52 valence electrons. The van der Waals surface area contributed by atoms with Crippen molar-refractivity contribution < 1.29 is 19.0 Å². The normalized spacial score (nSPS) is 8.11. The van der Waals surface area contributed by atoms with E-state index in [1.54, 1.807) is 0 Å². The maximum absolute atomic E-state index is 10.2. The Labute approximate surface area is 53.0 Å². The lowest BCUT2D eigenvalue weighted by Gasteiger charge is -1.98. The predicted molar refractivity (Wildman–Crippen MR) is 29.6 cm³/mol. The van der Waals surface area contributed by atoms with E-state index in [0.717, 1.165) is 6.26 Å². The highest BCUT2D eigenvalue weighted by molar-refractivity contribution is 5.60. The van der Waals surface area contributed by atoms with E-state index in [1.807, 2.05) is 0 Å². The summed E-state index contributed by atoms with van der Waals surface area (Å²) in [5.74, 6) is 0. The van der Waals surface area contributed by atoms with Gasteiger partial charge in [-0.3, -0.25) is 0 Å². The van der Waals surface area contributed by atoms with Gasteiger partial charge in [-0.25, -0.2) is 4.79 Å². The zero-order chi connectivity index (χ0) is 7.11. The predicted octanol–water partition coefficient (Wildman–Crippen LogP) is 0.887. The molecule has 9 heavy (non-hydrogen) atoms. The molecule has 0 heterocycles. The highest BCUT2D eigenvalue weighted by Crippen LogP contribution is 1.83. The topological polar surface area (TPSA) is 44.8 Å². The van der Waals surface area contributed by atoms with Gasteiger partial charge in [0.25, 0.3) is 0 Å². The lowest BCUT2D eigenvalue weighted by molar-refractivity contribution is -0.0139. The van der Waals surface area contributed by atoms with Crippen LogP contribution < -0.4 is 0 Å². The van der Waals surface area contributed by atoms with Crippen molar-refractivity contribution >= 4 is 6.16 Å². The van der Waals surface area contributed by atoms with E-state index in [-0.39, 0.29) is 6.79 Å². The van der Waals surface area contributed by atoms with E-state index in [0.29, 0.717) is 0 Å². The number of hydrogen-bond donors (Lipinski definition) is 0. The molecule has 0 fully saturated rings. The summed E-state index contributed by atoms with van der Waals surface area (Å²) in [4.78, 5) is 10.2. The van der Waals surface area contributed by atoms with Gasteiger partial charge in [-0.1, -0.05) is 6.58 Å². The Hall–Kier alpha value is -1.03. The second-order valence-corrected chi connectivity index (χ2v) is 1.09. The number of methoxy groups -OCH3 is 1. The molecule has 4 heteroatoms. The Morgan fingerprint density at radius 1 is 1.78 bits per heavy atom. The Balaban J connectivity index is 3.16. The van der Waals surface area contributed by atoms with Crippen molar-refractivity contribution in [2.45, 2.75) is 0 Å². The Morgan fingerprint density at radius 3 is 2.89 bits per heavy atom. The molecule has 0 amide bonds. The molecule has 0 atom stereocenters. The summed E-state index contributed by atoms with van der Waals surface area (Å²) in [6.45, 7) is 3.04. The van der Waals surface area contributed by atoms with Gasteiger partial charge < -0.3 is 14.2 Å². The zero-order valence-corrected chi connectivity index (χ0v) is 5.12. The highest BCUT2D eigenvalue weighted by Gasteiger charge is 1.97. The van der Waals surface area contributed by atoms with Gasteiger partial charge in [0.2, 0.25) is 0 Å². The monoisotopic (exact) mass is 132 g/mol. The Morgan fingerprint density at radius 2 is 2.44 bits per heavy atom. The summed E-state index contributed by atoms with van der Waals surface area (Å²) in [5, 5.41) is 0. The number of carbonyl (C=O) groups excluding carboxylic acids is 1. The van der Waals surface area contributed by atoms with Gasteiger partial charge in [-0.15, -0.1) is 0 Å². The van der Waals surface area contributed by atoms with Gasteiger partial charge in [0.1, 0.15) is 0 Å². The van der Waals surface area contributed by atoms with Crippen LogP contribution in [0, 0.1) is 0 Å². The van der Waals surface area contributed by atoms with Crippen molar-refractivity contribution in [3.63, 3.8) is 0 Å². The molecule has 0 aromatic rings. The molecule has 0 saturated carbocycles. The third-order valence-corrected chi connectivity index (χ3v) is 0.474. The molecular formula is C5H8O4. The third-order valence-electron chi connectivity index (χ3n) is 0.474. The number of ether oxygens (including phenoxy) is 3. The fourth-order valence-electron chi connectivity index (χ4n) is 0.209. The Kier molecular flexibility index (Phi) is 4.53. The minimum Gasteiger partial charge on any atom is -0.407 e. The second kappa shape index (κ2) is 5.11. The standard InChI is InChI=1S/C5H8O4/c1-3-8-5(6)9-4-7-2/h3H,1,4H2,2H3. The van der Waals surface area contributed by atoms with Crippen molar-refractivity contribution in [3.8, 4) is 0 Å². The van der Waals surface area contributed by atoms with Crippen LogP contribution in [-0.2, 0) is 14.2 Å². The van der Waals surface area contributed by atoms with E-state index < -0.39 is 6.16 Å². The van der Waals surface area contributed by atoms with Gasteiger partial charge in [0, 0.05) is 7.11 Å². The molecule has 0 rings (SSSR count). The molecule has 0 unspecified atom stereocenters. The zero-order valence-electron chi connectivity index (χ0n) is 5.12. The maximum atomic E-state index is 10.2. The second-order valence-electron chi connectivity index (χ2n) is 1.09. The fourth-order valence-corrected chi connectivity index (χ4v) is 0.209. The van der Waals surface area contributed by atoms with E-state index in [4.69, 9.17) is 0 Å². The minimum atomic E-state index is -0.813.